The van der Waals surface area contributed by atoms with Gasteiger partial charge in [-0.2, -0.15) is 0 Å². The topological polar surface area (TPSA) is 17.1 Å². The number of Topliss-reactive ketones (excluding diaryl/α,β-unsaturated/α-hetero) is 1. The third kappa shape index (κ3) is 2.56. The molecule has 0 saturated carbocycles. The number of rotatable bonds is 3. The number of hydrogen-bond donors (Lipinski definition) is 0. The zero-order valence-electron chi connectivity index (χ0n) is 11.7. The molecule has 0 aliphatic carbocycles. The lowest BCUT2D eigenvalue weighted by Gasteiger charge is -2.05. The molecule has 0 aliphatic heterocycles. The van der Waals surface area contributed by atoms with Crippen molar-refractivity contribution in [1.82, 2.24) is 0 Å². The molecule has 0 N–H and O–H groups in total. The molecule has 3 rings (SSSR count). The van der Waals surface area contributed by atoms with Gasteiger partial charge in [-0.1, -0.05) is 36.4 Å². The van der Waals surface area contributed by atoms with E-state index in [1.807, 2.05) is 18.2 Å². The molecule has 0 saturated heterocycles. The lowest BCUT2D eigenvalue weighted by Crippen LogP contribution is -2.13. The van der Waals surface area contributed by atoms with Crippen molar-refractivity contribution in [3.8, 4) is 0 Å². The second-order valence-corrected chi connectivity index (χ2v) is 7.57. The Kier molecular flexibility index (Phi) is 3.49. The van der Waals surface area contributed by atoms with E-state index in [0.29, 0.717) is 5.75 Å². The highest BCUT2D eigenvalue weighted by molar-refractivity contribution is 7.96. The van der Waals surface area contributed by atoms with E-state index in [2.05, 4.69) is 48.9 Å². The predicted octanol–water partition coefficient (Wildman–Crippen LogP) is 4.05. The maximum atomic E-state index is 12.2. The van der Waals surface area contributed by atoms with Crippen LogP contribution in [0, 0.1) is 0 Å². The molecule has 0 spiro atoms. The first-order chi connectivity index (χ1) is 9.63. The van der Waals surface area contributed by atoms with Gasteiger partial charge in [0, 0.05) is 5.56 Å². The van der Waals surface area contributed by atoms with Gasteiger partial charge in [0.15, 0.2) is 5.75 Å². The van der Waals surface area contributed by atoms with Crippen LogP contribution < -0.4 is 0 Å². The minimum atomic E-state index is 0.148. The Labute approximate surface area is 122 Å². The van der Waals surface area contributed by atoms with E-state index in [-0.39, 0.29) is 16.7 Å². The molecule has 0 atom stereocenters. The molecule has 0 radical (unpaired) electrons. The van der Waals surface area contributed by atoms with Gasteiger partial charge in [0.05, 0.1) is 12.5 Å². The fourth-order valence-corrected chi connectivity index (χ4v) is 3.15. The van der Waals surface area contributed by atoms with Crippen LogP contribution in [0.1, 0.15) is 10.4 Å². The van der Waals surface area contributed by atoms with Gasteiger partial charge in [0.1, 0.15) is 0 Å². The molecule has 0 heterocycles. The zero-order valence-corrected chi connectivity index (χ0v) is 12.5. The van der Waals surface area contributed by atoms with Crippen molar-refractivity contribution in [2.24, 2.45) is 0 Å². The molecule has 2 heteroatoms. The van der Waals surface area contributed by atoms with Crippen molar-refractivity contribution >= 4 is 38.2 Å². The maximum absolute atomic E-state index is 12.2. The molecule has 0 aromatic heterocycles. The highest BCUT2D eigenvalue weighted by atomic mass is 32.2. The molecule has 20 heavy (non-hydrogen) atoms. The van der Waals surface area contributed by atoms with Crippen molar-refractivity contribution < 1.29 is 4.79 Å². The van der Waals surface area contributed by atoms with Crippen LogP contribution in [-0.4, -0.2) is 24.0 Å². The lowest BCUT2D eigenvalue weighted by molar-refractivity contribution is 0.102. The fraction of sp³-hybridized carbons (Fsp3) is 0.167. The van der Waals surface area contributed by atoms with Crippen LogP contribution in [0.5, 0.6) is 0 Å². The molecule has 3 aromatic carbocycles. The van der Waals surface area contributed by atoms with Gasteiger partial charge in [0.25, 0.3) is 0 Å². The Bertz CT molecular complexity index is 790. The van der Waals surface area contributed by atoms with Gasteiger partial charge in [-0.05, 0) is 50.6 Å². The van der Waals surface area contributed by atoms with Gasteiger partial charge in [-0.15, -0.1) is 0 Å². The van der Waals surface area contributed by atoms with E-state index in [0.717, 1.165) is 10.9 Å². The summed E-state index contributed by atoms with van der Waals surface area (Å²) in [5.74, 6) is 0.882. The van der Waals surface area contributed by atoms with Gasteiger partial charge in [0.2, 0.25) is 5.78 Å². The van der Waals surface area contributed by atoms with Crippen LogP contribution in [0.2, 0.25) is 0 Å². The number of carbonyl (C=O) groups is 1. The summed E-state index contributed by atoms with van der Waals surface area (Å²) in [7, 11) is 0.148. The van der Waals surface area contributed by atoms with Gasteiger partial charge in [-0.3, -0.25) is 4.79 Å². The van der Waals surface area contributed by atoms with Crippen LogP contribution >= 0.6 is 0 Å². The molecular formula is C18H17OS+. The Hall–Kier alpha value is -1.80. The minimum Gasteiger partial charge on any atom is -0.289 e. The highest BCUT2D eigenvalue weighted by Gasteiger charge is 2.14. The van der Waals surface area contributed by atoms with Crippen LogP contribution in [0.4, 0.5) is 0 Å². The van der Waals surface area contributed by atoms with Crippen molar-refractivity contribution in [2.45, 2.75) is 0 Å². The SMILES string of the molecule is C[S+](C)CC(=O)c1ccc2cc3ccccc3cc2c1. The molecule has 0 fully saturated rings. The summed E-state index contributed by atoms with van der Waals surface area (Å²) in [4.78, 5) is 12.2. The second-order valence-electron chi connectivity index (χ2n) is 5.31. The standard InChI is InChI=1S/C18H17OS/c1-20(2)12-18(19)16-8-7-15-9-13-5-3-4-6-14(13)10-17(15)11-16/h3-11H,12H2,1-2H3/q+1. The van der Waals surface area contributed by atoms with Gasteiger partial charge >= 0.3 is 0 Å². The normalized spacial score (nSPS) is 11.3. The lowest BCUT2D eigenvalue weighted by atomic mass is 10.0. The van der Waals surface area contributed by atoms with Gasteiger partial charge in [-0.25, -0.2) is 0 Å². The summed E-state index contributed by atoms with van der Waals surface area (Å²) in [5, 5.41) is 4.78. The van der Waals surface area contributed by atoms with Crippen molar-refractivity contribution in [1.29, 1.82) is 0 Å². The van der Waals surface area contributed by atoms with Crippen LogP contribution in [0.3, 0.4) is 0 Å². The van der Waals surface area contributed by atoms with E-state index in [9.17, 15) is 4.79 Å². The van der Waals surface area contributed by atoms with Gasteiger partial charge < -0.3 is 0 Å². The van der Waals surface area contributed by atoms with E-state index < -0.39 is 0 Å². The summed E-state index contributed by atoms with van der Waals surface area (Å²) in [6.45, 7) is 0. The molecule has 0 bridgehead atoms. The fourth-order valence-electron chi connectivity index (χ4n) is 2.46. The second kappa shape index (κ2) is 5.29. The summed E-state index contributed by atoms with van der Waals surface area (Å²) in [5.41, 5.74) is 0.828. The Balaban J connectivity index is 2.10. The third-order valence-electron chi connectivity index (χ3n) is 3.45. The van der Waals surface area contributed by atoms with Crippen LogP contribution in [0.15, 0.2) is 54.6 Å². The molecule has 0 aliphatic rings. The number of ketones is 1. The average Bonchev–Trinajstić information content (AvgIpc) is 2.43. The van der Waals surface area contributed by atoms with Crippen molar-refractivity contribution in [3.05, 3.63) is 60.2 Å². The number of hydrogen-bond acceptors (Lipinski definition) is 1. The first kappa shape index (κ1) is 13.2. The Morgan fingerprint density at radius 3 is 2.10 bits per heavy atom. The summed E-state index contributed by atoms with van der Waals surface area (Å²) < 4.78 is 0. The number of fused-ring (bicyclic) bond motifs is 2. The quantitative estimate of drug-likeness (QED) is 0.402. The smallest absolute Gasteiger partial charge is 0.211 e. The first-order valence-electron chi connectivity index (χ1n) is 6.63. The Morgan fingerprint density at radius 2 is 1.45 bits per heavy atom. The first-order valence-corrected chi connectivity index (χ1v) is 8.84. The van der Waals surface area contributed by atoms with E-state index in [1.165, 1.54) is 16.2 Å². The van der Waals surface area contributed by atoms with E-state index >= 15 is 0 Å². The van der Waals surface area contributed by atoms with Crippen molar-refractivity contribution in [2.75, 3.05) is 18.3 Å². The summed E-state index contributed by atoms with van der Waals surface area (Å²) in [6, 6.07) is 18.7. The largest absolute Gasteiger partial charge is 0.289 e. The molecular weight excluding hydrogens is 264 g/mol. The molecule has 1 nitrogen and oxygen atoms in total. The number of benzene rings is 3. The molecule has 0 amide bonds. The number of carbonyl (C=O) groups excluding carboxylic acids is 1. The minimum absolute atomic E-state index is 0.148. The summed E-state index contributed by atoms with van der Waals surface area (Å²) in [6.07, 6.45) is 4.21. The molecule has 0 unspecified atom stereocenters. The zero-order chi connectivity index (χ0) is 14.1. The Morgan fingerprint density at radius 1 is 0.850 bits per heavy atom. The van der Waals surface area contributed by atoms with Crippen LogP contribution in [-0.2, 0) is 10.9 Å². The highest BCUT2D eigenvalue weighted by Crippen LogP contribution is 2.24. The average molecular weight is 281 g/mol. The monoisotopic (exact) mass is 281 g/mol. The molecule has 3 aromatic rings. The maximum Gasteiger partial charge on any atom is 0.211 e. The summed E-state index contributed by atoms with van der Waals surface area (Å²) >= 11 is 0. The van der Waals surface area contributed by atoms with E-state index in [1.54, 1.807) is 0 Å². The molecule has 100 valence electrons. The van der Waals surface area contributed by atoms with Crippen molar-refractivity contribution in [3.63, 3.8) is 0 Å². The predicted molar refractivity (Wildman–Crippen MR) is 89.9 cm³/mol. The van der Waals surface area contributed by atoms with Crippen LogP contribution in [0.25, 0.3) is 21.5 Å². The third-order valence-corrected chi connectivity index (χ3v) is 4.29. The van der Waals surface area contributed by atoms with E-state index in [4.69, 9.17) is 0 Å².